The van der Waals surface area contributed by atoms with Crippen LogP contribution in [0.25, 0.3) is 66.1 Å². The highest BCUT2D eigenvalue weighted by Gasteiger charge is 2.41. The Balaban J connectivity index is 1.15. The molecule has 0 N–H and O–H groups in total. The topological polar surface area (TPSA) is 9.86 Å². The molecule has 0 aliphatic carbocycles. The summed E-state index contributed by atoms with van der Waals surface area (Å²) in [5, 5.41) is 10.5. The lowest BCUT2D eigenvalue weighted by Gasteiger charge is -2.34. The van der Waals surface area contributed by atoms with Crippen LogP contribution in [0.4, 0.5) is 0 Å². The first-order valence-corrected chi connectivity index (χ1v) is 22.1. The molecular weight excluding hydrogens is 717 g/mol. The molecule has 58 heavy (non-hydrogen) atoms. The van der Waals surface area contributed by atoms with Crippen LogP contribution >= 0.6 is 0 Å². The van der Waals surface area contributed by atoms with E-state index in [1.165, 1.54) is 86.7 Å². The molecule has 0 aliphatic heterocycles. The molecule has 0 fully saturated rings. The molecule has 0 unspecified atom stereocenters. The van der Waals surface area contributed by atoms with Gasteiger partial charge in [0.15, 0.2) is 8.07 Å². The van der Waals surface area contributed by atoms with E-state index in [4.69, 9.17) is 0 Å². The van der Waals surface area contributed by atoms with Crippen molar-refractivity contribution >= 4 is 72.4 Å². The van der Waals surface area contributed by atoms with Crippen molar-refractivity contribution in [3.8, 4) is 22.5 Å². The maximum Gasteiger partial charge on any atom is 0.179 e. The highest BCUT2D eigenvalue weighted by molar-refractivity contribution is 7.19. The van der Waals surface area contributed by atoms with Crippen molar-refractivity contribution < 1.29 is 0 Å². The van der Waals surface area contributed by atoms with E-state index in [2.05, 4.69) is 241 Å². The Bertz CT molecular complexity index is 3140. The number of para-hydroxylation sites is 3. The second kappa shape index (κ2) is 13.8. The molecule has 11 rings (SSSR count). The van der Waals surface area contributed by atoms with Crippen LogP contribution in [0.5, 0.6) is 0 Å². The van der Waals surface area contributed by atoms with E-state index in [0.717, 1.165) is 5.69 Å². The summed E-state index contributed by atoms with van der Waals surface area (Å²) in [6.45, 7) is 2.20. The van der Waals surface area contributed by atoms with Crippen molar-refractivity contribution in [2.75, 3.05) is 0 Å². The summed E-state index contributed by atoms with van der Waals surface area (Å²) in [7, 11) is -2.73. The molecule has 0 saturated carbocycles. The Kier molecular flexibility index (Phi) is 8.09. The number of hydrogen-bond donors (Lipinski definition) is 0. The third kappa shape index (κ3) is 5.24. The zero-order valence-electron chi connectivity index (χ0n) is 32.3. The van der Waals surface area contributed by atoms with Gasteiger partial charge < -0.3 is 9.13 Å². The van der Waals surface area contributed by atoms with Crippen molar-refractivity contribution in [1.82, 2.24) is 9.13 Å². The molecule has 0 spiro atoms. The van der Waals surface area contributed by atoms with E-state index in [9.17, 15) is 0 Å². The molecule has 2 aromatic heterocycles. The first-order valence-electron chi connectivity index (χ1n) is 20.1. The van der Waals surface area contributed by atoms with E-state index in [1.807, 2.05) is 0 Å². The maximum atomic E-state index is 2.49. The molecule has 0 amide bonds. The van der Waals surface area contributed by atoms with Gasteiger partial charge in [-0.25, -0.2) is 0 Å². The Morgan fingerprint density at radius 1 is 0.328 bits per heavy atom. The second-order valence-electron chi connectivity index (χ2n) is 15.4. The molecule has 2 nitrogen and oxygen atoms in total. The largest absolute Gasteiger partial charge is 0.309 e. The van der Waals surface area contributed by atoms with Gasteiger partial charge in [0, 0.05) is 32.8 Å². The molecule has 0 radical (unpaired) electrons. The number of aromatic nitrogens is 2. The maximum absolute atomic E-state index is 2.73. The second-order valence-corrected chi connectivity index (χ2v) is 19.2. The van der Waals surface area contributed by atoms with Crippen LogP contribution < -0.4 is 20.7 Å². The molecule has 0 aliphatic rings. The standard InChI is InChI=1S/C55H40N2Si/c1-39-32-34-46(40-18-17-25-45(37-40)58(42-19-5-2-6-20-42,43-21-7-3-8-22-43)44-23-9-4-10-24-44)55(36-39)57-53-31-16-13-28-49(53)50-38-41(33-35-54(50)57)56-51-29-14-11-26-47(51)48-27-12-15-30-52(48)56/h2-38H,1H3. The van der Waals surface area contributed by atoms with Gasteiger partial charge in [-0.2, -0.15) is 0 Å². The Morgan fingerprint density at radius 3 is 1.36 bits per heavy atom. The van der Waals surface area contributed by atoms with Gasteiger partial charge >= 0.3 is 0 Å². The summed E-state index contributed by atoms with van der Waals surface area (Å²) in [5.74, 6) is 0. The van der Waals surface area contributed by atoms with Crippen LogP contribution in [-0.2, 0) is 0 Å². The van der Waals surface area contributed by atoms with Crippen molar-refractivity contribution in [3.63, 3.8) is 0 Å². The first-order chi connectivity index (χ1) is 28.7. The molecule has 0 bridgehead atoms. The highest BCUT2D eigenvalue weighted by atomic mass is 28.3. The smallest absolute Gasteiger partial charge is 0.179 e. The number of rotatable bonds is 7. The highest BCUT2D eigenvalue weighted by Crippen LogP contribution is 2.39. The Morgan fingerprint density at radius 2 is 0.793 bits per heavy atom. The average molecular weight is 757 g/mol. The lowest BCUT2D eigenvalue weighted by molar-refractivity contribution is 1.16. The Hall–Kier alpha value is -7.20. The van der Waals surface area contributed by atoms with E-state index in [1.54, 1.807) is 0 Å². The predicted molar refractivity (Wildman–Crippen MR) is 249 cm³/mol. The average Bonchev–Trinajstić information content (AvgIpc) is 3.80. The van der Waals surface area contributed by atoms with Gasteiger partial charge in [0.1, 0.15) is 0 Å². The van der Waals surface area contributed by atoms with Crippen LogP contribution in [0, 0.1) is 6.92 Å². The third-order valence-electron chi connectivity index (χ3n) is 12.1. The summed E-state index contributed by atoms with van der Waals surface area (Å²) in [6.07, 6.45) is 0. The molecule has 9 aromatic carbocycles. The molecule has 0 saturated heterocycles. The predicted octanol–water partition coefficient (Wildman–Crippen LogP) is 11.2. The number of aryl methyl sites for hydroxylation is 1. The summed E-state index contributed by atoms with van der Waals surface area (Å²) >= 11 is 0. The minimum atomic E-state index is -2.73. The molecule has 11 aromatic rings. The quantitative estimate of drug-likeness (QED) is 0.113. The van der Waals surface area contributed by atoms with E-state index >= 15 is 0 Å². The van der Waals surface area contributed by atoms with Crippen molar-refractivity contribution in [2.45, 2.75) is 6.92 Å². The number of fused-ring (bicyclic) bond motifs is 6. The fourth-order valence-corrected chi connectivity index (χ4v) is 14.4. The van der Waals surface area contributed by atoms with Crippen LogP contribution in [0.2, 0.25) is 0 Å². The lowest BCUT2D eigenvalue weighted by Crippen LogP contribution is -2.74. The van der Waals surface area contributed by atoms with Gasteiger partial charge in [0.05, 0.1) is 27.8 Å². The van der Waals surface area contributed by atoms with Gasteiger partial charge in [-0.3, -0.25) is 0 Å². The fourth-order valence-electron chi connectivity index (χ4n) is 9.62. The normalized spacial score (nSPS) is 11.9. The van der Waals surface area contributed by atoms with E-state index in [0.29, 0.717) is 0 Å². The van der Waals surface area contributed by atoms with Crippen LogP contribution in [0.1, 0.15) is 5.56 Å². The summed E-state index contributed by atoms with van der Waals surface area (Å²) < 4.78 is 4.91. The molecule has 274 valence electrons. The monoisotopic (exact) mass is 756 g/mol. The minimum absolute atomic E-state index is 1.16. The summed E-state index contributed by atoms with van der Waals surface area (Å²) in [4.78, 5) is 0. The van der Waals surface area contributed by atoms with Crippen LogP contribution in [0.3, 0.4) is 0 Å². The number of benzene rings is 9. The van der Waals surface area contributed by atoms with Crippen LogP contribution in [-0.4, -0.2) is 17.2 Å². The van der Waals surface area contributed by atoms with Crippen molar-refractivity contribution in [2.24, 2.45) is 0 Å². The van der Waals surface area contributed by atoms with Crippen molar-refractivity contribution in [3.05, 3.63) is 230 Å². The minimum Gasteiger partial charge on any atom is -0.309 e. The molecular formula is C55H40N2Si. The van der Waals surface area contributed by atoms with E-state index in [-0.39, 0.29) is 0 Å². The Labute approximate surface area is 339 Å². The van der Waals surface area contributed by atoms with Gasteiger partial charge in [0.2, 0.25) is 0 Å². The van der Waals surface area contributed by atoms with Crippen molar-refractivity contribution in [1.29, 1.82) is 0 Å². The van der Waals surface area contributed by atoms with Gasteiger partial charge in [0.25, 0.3) is 0 Å². The molecule has 2 heterocycles. The number of hydrogen-bond acceptors (Lipinski definition) is 0. The van der Waals surface area contributed by atoms with Gasteiger partial charge in [-0.15, -0.1) is 0 Å². The number of nitrogens with zero attached hydrogens (tertiary/aromatic N) is 2. The third-order valence-corrected chi connectivity index (χ3v) is 16.9. The molecule has 0 atom stereocenters. The fraction of sp³-hybridized carbons (Fsp3) is 0.0182. The summed E-state index contributed by atoms with van der Waals surface area (Å²) in [5.41, 5.74) is 10.8. The zero-order valence-corrected chi connectivity index (χ0v) is 33.3. The first kappa shape index (κ1) is 34.1. The van der Waals surface area contributed by atoms with E-state index < -0.39 is 8.07 Å². The van der Waals surface area contributed by atoms with Crippen LogP contribution in [0.15, 0.2) is 224 Å². The lowest BCUT2D eigenvalue weighted by atomic mass is 10.0. The van der Waals surface area contributed by atoms with Gasteiger partial charge in [-0.1, -0.05) is 182 Å². The SMILES string of the molecule is Cc1ccc(-c2cccc([Si](c3ccccc3)(c3ccccc3)c3ccccc3)c2)c(-n2c3ccccc3c3cc(-n4c5ccccc5c5ccccc54)ccc32)c1. The van der Waals surface area contributed by atoms with Gasteiger partial charge in [-0.05, 0) is 81.3 Å². The molecule has 3 heteroatoms. The zero-order chi connectivity index (χ0) is 38.6. The summed E-state index contributed by atoms with van der Waals surface area (Å²) in [6, 6.07) is 83.4.